The lowest BCUT2D eigenvalue weighted by Gasteiger charge is -2.12. The van der Waals surface area contributed by atoms with Crippen LogP contribution in [0.3, 0.4) is 0 Å². The normalized spacial score (nSPS) is 15.1. The van der Waals surface area contributed by atoms with Gasteiger partial charge in [-0.3, -0.25) is 0 Å². The highest BCUT2D eigenvalue weighted by molar-refractivity contribution is 6.12. The van der Waals surface area contributed by atoms with Gasteiger partial charge in [0.1, 0.15) is 0 Å². The maximum absolute atomic E-state index is 10.0. The first kappa shape index (κ1) is 20.7. The van der Waals surface area contributed by atoms with Crippen LogP contribution in [0, 0.1) is 0 Å². The second-order valence-electron chi connectivity index (χ2n) is 13.0. The van der Waals surface area contributed by atoms with Gasteiger partial charge >= 0.3 is 0 Å². The Hall–Kier alpha value is -7.63. The molecular weight excluding hydrogens is 683 g/mol. The van der Waals surface area contributed by atoms with E-state index in [1.165, 1.54) is 9.13 Å². The van der Waals surface area contributed by atoms with E-state index < -0.39 is 95.7 Å². The fourth-order valence-electron chi connectivity index (χ4n) is 7.09. The summed E-state index contributed by atoms with van der Waals surface area (Å²) >= 11 is 0. The van der Waals surface area contributed by atoms with Crippen molar-refractivity contribution in [1.82, 2.24) is 24.1 Å². The van der Waals surface area contributed by atoms with Gasteiger partial charge in [0.2, 0.25) is 0 Å². The Morgan fingerprint density at radius 2 is 0.804 bits per heavy atom. The molecule has 0 amide bonds. The number of fused-ring (bicyclic) bond motifs is 6. The lowest BCUT2D eigenvalue weighted by molar-refractivity contribution is 1.07. The number of aromatic nitrogens is 5. The molecule has 0 atom stereocenters. The molecule has 5 nitrogen and oxygen atoms in total. The molecule has 0 saturated heterocycles. The Morgan fingerprint density at radius 3 is 1.46 bits per heavy atom. The molecule has 11 rings (SSSR count). The smallest absolute Gasteiger partial charge is 0.164 e. The van der Waals surface area contributed by atoms with Gasteiger partial charge in [0, 0.05) is 49.6 Å². The van der Waals surface area contributed by atoms with E-state index in [0.29, 0.717) is 22.9 Å². The van der Waals surface area contributed by atoms with Crippen molar-refractivity contribution in [3.63, 3.8) is 0 Å². The summed E-state index contributed by atoms with van der Waals surface area (Å²) in [6, 6.07) is 26.1. The molecule has 0 unspecified atom stereocenters. The Morgan fingerprint density at radius 1 is 0.339 bits per heavy atom. The van der Waals surface area contributed by atoms with Crippen LogP contribution in [0.1, 0.15) is 19.2 Å². The van der Waals surface area contributed by atoms with Crippen molar-refractivity contribution in [2.24, 2.45) is 0 Å². The van der Waals surface area contributed by atoms with Crippen LogP contribution >= 0.6 is 0 Å². The molecule has 56 heavy (non-hydrogen) atoms. The predicted octanol–water partition coefficient (Wildman–Crippen LogP) is 12.7. The van der Waals surface area contributed by atoms with Gasteiger partial charge in [0.25, 0.3) is 0 Å². The molecule has 0 spiro atoms. The molecule has 8 aromatic carbocycles. The lowest BCUT2D eigenvalue weighted by atomic mass is 10.0. The fraction of sp³-hybridized carbons (Fsp3) is 0. The summed E-state index contributed by atoms with van der Waals surface area (Å²) in [4.78, 5) is 14.5. The number of nitrogens with zero attached hydrogens (tertiary/aromatic N) is 5. The summed E-state index contributed by atoms with van der Waals surface area (Å²) in [5.41, 5.74) is 1.28. The molecule has 0 aliphatic rings. The first-order chi connectivity index (χ1) is 33.6. The fourth-order valence-corrected chi connectivity index (χ4v) is 7.09. The van der Waals surface area contributed by atoms with Gasteiger partial charge in [0.05, 0.1) is 41.3 Å². The van der Waals surface area contributed by atoms with E-state index in [-0.39, 0.29) is 55.1 Å². The molecule has 3 aromatic heterocycles. The van der Waals surface area contributed by atoms with Gasteiger partial charge in [-0.1, -0.05) is 145 Å². The highest BCUT2D eigenvalue weighted by atomic mass is 15.0. The monoisotopic (exact) mass is 729 g/mol. The molecule has 0 N–H and O–H groups in total. The topological polar surface area (TPSA) is 48.5 Å². The zero-order valence-corrected chi connectivity index (χ0v) is 29.2. The Balaban J connectivity index is 1.25. The molecule has 0 saturated carbocycles. The predicted molar refractivity (Wildman–Crippen MR) is 230 cm³/mol. The molecule has 262 valence electrons. The third kappa shape index (κ3) is 5.29. The van der Waals surface area contributed by atoms with Crippen LogP contribution in [-0.2, 0) is 0 Å². The first-order valence-corrected chi connectivity index (χ1v) is 17.7. The zero-order valence-electron chi connectivity index (χ0n) is 43.2. The third-order valence-corrected chi connectivity index (χ3v) is 9.64. The highest BCUT2D eigenvalue weighted by Gasteiger charge is 2.18. The van der Waals surface area contributed by atoms with Crippen molar-refractivity contribution in [2.75, 3.05) is 0 Å². The van der Waals surface area contributed by atoms with Gasteiger partial charge in [0.15, 0.2) is 17.5 Å². The van der Waals surface area contributed by atoms with Gasteiger partial charge in [-0.2, -0.15) is 0 Å². The lowest BCUT2D eigenvalue weighted by Crippen LogP contribution is -2.01. The minimum absolute atomic E-state index is 0.0483. The molecule has 5 heteroatoms. The molecule has 0 aliphatic carbocycles. The summed E-state index contributed by atoms with van der Waals surface area (Å²) in [5.74, 6) is 1.01. The quantitative estimate of drug-likeness (QED) is 0.171. The minimum Gasteiger partial charge on any atom is -0.309 e. The van der Waals surface area contributed by atoms with Crippen LogP contribution in [0.2, 0.25) is 0 Å². The van der Waals surface area contributed by atoms with Gasteiger partial charge in [-0.25, -0.2) is 15.0 Å². The minimum atomic E-state index is -0.667. The Kier molecular flexibility index (Phi) is 4.83. The van der Waals surface area contributed by atoms with Crippen molar-refractivity contribution < 1.29 is 19.2 Å². The van der Waals surface area contributed by atoms with Gasteiger partial charge in [-0.05, 0) is 65.6 Å². The van der Waals surface area contributed by atoms with E-state index in [9.17, 15) is 9.60 Å². The van der Waals surface area contributed by atoms with Crippen LogP contribution in [0.5, 0.6) is 0 Å². The van der Waals surface area contributed by atoms with Gasteiger partial charge < -0.3 is 9.13 Å². The van der Waals surface area contributed by atoms with E-state index in [4.69, 9.17) is 24.5 Å². The molecule has 3 heterocycles. The maximum atomic E-state index is 10.0. The zero-order chi connectivity index (χ0) is 49.2. The van der Waals surface area contributed by atoms with Crippen LogP contribution in [-0.4, -0.2) is 24.1 Å². The summed E-state index contributed by atoms with van der Waals surface area (Å²) in [6.07, 6.45) is 0. The van der Waals surface area contributed by atoms with Crippen molar-refractivity contribution in [2.45, 2.75) is 0 Å². The third-order valence-electron chi connectivity index (χ3n) is 9.64. The van der Waals surface area contributed by atoms with E-state index in [1.807, 2.05) is 60.7 Å². The number of benzene rings is 8. The maximum Gasteiger partial charge on any atom is 0.164 e. The van der Waals surface area contributed by atoms with E-state index >= 15 is 0 Å². The largest absolute Gasteiger partial charge is 0.309 e. The van der Waals surface area contributed by atoms with Crippen molar-refractivity contribution >= 4 is 43.6 Å². The van der Waals surface area contributed by atoms with Crippen LogP contribution in [0.25, 0.3) is 100 Å². The van der Waals surface area contributed by atoms with Crippen molar-refractivity contribution in [3.05, 3.63) is 200 Å². The van der Waals surface area contributed by atoms with E-state index in [0.717, 1.165) is 11.1 Å². The van der Waals surface area contributed by atoms with Crippen LogP contribution in [0.15, 0.2) is 200 Å². The van der Waals surface area contributed by atoms with Crippen LogP contribution in [0.4, 0.5) is 0 Å². The van der Waals surface area contributed by atoms with Crippen molar-refractivity contribution in [1.29, 1.82) is 0 Å². The summed E-state index contributed by atoms with van der Waals surface area (Å²) in [6.45, 7) is 0. The van der Waals surface area contributed by atoms with Gasteiger partial charge in [-0.15, -0.1) is 0 Å². The second kappa shape index (κ2) is 13.0. The molecule has 0 bridgehead atoms. The number of hydrogen-bond acceptors (Lipinski definition) is 3. The molecule has 0 radical (unpaired) electrons. The molecule has 0 fully saturated rings. The van der Waals surface area contributed by atoms with Crippen molar-refractivity contribution in [3.8, 4) is 56.7 Å². The Labute approximate surface area is 343 Å². The average molecular weight is 730 g/mol. The highest BCUT2D eigenvalue weighted by Crippen LogP contribution is 2.38. The van der Waals surface area contributed by atoms with Crippen LogP contribution < -0.4 is 0 Å². The summed E-state index contributed by atoms with van der Waals surface area (Å²) in [7, 11) is 0. The SMILES string of the molecule is [2H]c1c([2H])c([2H])c2c(c1[2H])c1c([2H])c(-c3c([2H])c([2H])c4c5c([2H])c([2H])c([2H])c([2H])c5n(-c5cccc(-c6nc(-c7ccccc7)nc(-c7ccccc7)n6)c5)c4c3[2H])c([2H])c([2H])c1n2-c1ccccc1. The average Bonchev–Trinajstić information content (AvgIpc) is 3.95. The Bertz CT molecular complexity index is 3990. The number of rotatable bonds is 6. The van der Waals surface area contributed by atoms with E-state index in [2.05, 4.69) is 0 Å². The molecular formula is C51H33N5. The van der Waals surface area contributed by atoms with E-state index in [1.54, 1.807) is 54.6 Å². The molecule has 0 aliphatic heterocycles. The second-order valence-corrected chi connectivity index (χ2v) is 13.0. The number of hydrogen-bond donors (Lipinski definition) is 0. The first-order valence-electron chi connectivity index (χ1n) is 24.7. The number of para-hydroxylation sites is 3. The summed E-state index contributed by atoms with van der Waals surface area (Å²) in [5, 5.41) is -0.557. The standard InChI is InChI=1S/C51H33N5/c1-4-15-34(16-5-1)49-52-50(35-17-6-2-7-18-35)54-51(53-49)38-19-14-22-40(31-38)56-45-25-12-10-23-41(45)43-29-27-37(33-48(43)56)36-28-30-47-44(32-36)42-24-11-13-26-46(42)55(47)39-20-8-3-9-21-39/h1-33H/i10D,11D,12D,13D,23D,24D,25D,26D,27D,28D,29D,30D,32D,33D. The molecule has 11 aromatic rings. The summed E-state index contributed by atoms with van der Waals surface area (Å²) < 4.78 is 132.